The van der Waals surface area contributed by atoms with E-state index in [0.29, 0.717) is 19.0 Å². The standard InChI is InChI=1S/C15H23N3O3S.HI/c1-3-16-15(17-8-9-22(2,19)20)18-11-13-10-12-6-4-5-7-14(12)21-13;/h4-7,13H,3,8-11H2,1-2H3,(H2,16,17,18);1H. The summed E-state index contributed by atoms with van der Waals surface area (Å²) in [6.45, 7) is 3.56. The van der Waals surface area contributed by atoms with Crippen LogP contribution in [0.15, 0.2) is 29.3 Å². The summed E-state index contributed by atoms with van der Waals surface area (Å²) in [5, 5.41) is 6.13. The van der Waals surface area contributed by atoms with Crippen molar-refractivity contribution in [2.75, 3.05) is 31.6 Å². The van der Waals surface area contributed by atoms with Crippen LogP contribution in [0.2, 0.25) is 0 Å². The lowest BCUT2D eigenvalue weighted by Gasteiger charge is -2.13. The smallest absolute Gasteiger partial charge is 0.191 e. The van der Waals surface area contributed by atoms with E-state index in [1.165, 1.54) is 11.8 Å². The van der Waals surface area contributed by atoms with E-state index in [0.717, 1.165) is 18.7 Å². The molecule has 0 saturated carbocycles. The summed E-state index contributed by atoms with van der Waals surface area (Å²) in [6.07, 6.45) is 2.10. The number of nitrogens with one attached hydrogen (secondary N) is 2. The van der Waals surface area contributed by atoms with Gasteiger partial charge in [-0.05, 0) is 18.6 Å². The molecular formula is C15H24IN3O3S. The van der Waals surface area contributed by atoms with Gasteiger partial charge in [0.25, 0.3) is 0 Å². The van der Waals surface area contributed by atoms with E-state index in [9.17, 15) is 8.42 Å². The molecule has 2 rings (SSSR count). The van der Waals surface area contributed by atoms with E-state index in [-0.39, 0.29) is 35.8 Å². The molecule has 2 N–H and O–H groups in total. The van der Waals surface area contributed by atoms with Gasteiger partial charge < -0.3 is 15.4 Å². The van der Waals surface area contributed by atoms with Gasteiger partial charge in [-0.3, -0.25) is 0 Å². The number of para-hydroxylation sites is 1. The fraction of sp³-hybridized carbons (Fsp3) is 0.533. The van der Waals surface area contributed by atoms with Crippen LogP contribution in [0.1, 0.15) is 12.5 Å². The van der Waals surface area contributed by atoms with Crippen LogP contribution in [0.3, 0.4) is 0 Å². The molecule has 0 radical (unpaired) electrons. The van der Waals surface area contributed by atoms with E-state index in [1.54, 1.807) is 0 Å². The zero-order chi connectivity index (χ0) is 16.0. The number of benzene rings is 1. The molecule has 1 aromatic rings. The van der Waals surface area contributed by atoms with Gasteiger partial charge in [0.15, 0.2) is 5.96 Å². The number of guanidine groups is 1. The molecule has 0 fully saturated rings. The first kappa shape index (κ1) is 20.0. The first-order chi connectivity index (χ1) is 10.5. The predicted octanol–water partition coefficient (Wildman–Crippen LogP) is 1.21. The van der Waals surface area contributed by atoms with Gasteiger partial charge in [0.1, 0.15) is 21.7 Å². The summed E-state index contributed by atoms with van der Waals surface area (Å²) in [5.74, 6) is 1.63. The Morgan fingerprint density at radius 2 is 2.09 bits per heavy atom. The van der Waals surface area contributed by atoms with Crippen molar-refractivity contribution in [3.63, 3.8) is 0 Å². The van der Waals surface area contributed by atoms with Gasteiger partial charge in [0.05, 0.1) is 12.3 Å². The highest BCUT2D eigenvalue weighted by Crippen LogP contribution is 2.28. The third-order valence-corrected chi connectivity index (χ3v) is 4.22. The van der Waals surface area contributed by atoms with Crippen molar-refractivity contribution >= 4 is 39.8 Å². The number of ether oxygens (including phenoxy) is 1. The zero-order valence-electron chi connectivity index (χ0n) is 13.4. The number of nitrogens with zero attached hydrogens (tertiary/aromatic N) is 1. The van der Waals surface area contributed by atoms with Gasteiger partial charge >= 0.3 is 0 Å². The summed E-state index contributed by atoms with van der Waals surface area (Å²) >= 11 is 0. The van der Waals surface area contributed by atoms with Crippen molar-refractivity contribution in [3.05, 3.63) is 29.8 Å². The molecule has 1 atom stereocenters. The molecule has 1 aliphatic heterocycles. The lowest BCUT2D eigenvalue weighted by Crippen LogP contribution is -2.40. The van der Waals surface area contributed by atoms with Gasteiger partial charge in [0.2, 0.25) is 0 Å². The minimum Gasteiger partial charge on any atom is -0.488 e. The number of hydrogen-bond acceptors (Lipinski definition) is 4. The van der Waals surface area contributed by atoms with Crippen molar-refractivity contribution in [2.24, 2.45) is 4.99 Å². The van der Waals surface area contributed by atoms with Crippen LogP contribution in [0.4, 0.5) is 0 Å². The van der Waals surface area contributed by atoms with Crippen molar-refractivity contribution in [1.82, 2.24) is 10.6 Å². The Hall–Kier alpha value is -1.03. The summed E-state index contributed by atoms with van der Waals surface area (Å²) in [7, 11) is -2.97. The second-order valence-corrected chi connectivity index (χ2v) is 7.59. The third kappa shape index (κ3) is 6.94. The van der Waals surface area contributed by atoms with Crippen LogP contribution in [-0.4, -0.2) is 52.1 Å². The van der Waals surface area contributed by atoms with Crippen molar-refractivity contribution in [2.45, 2.75) is 19.4 Å². The topological polar surface area (TPSA) is 79.8 Å². The van der Waals surface area contributed by atoms with Crippen molar-refractivity contribution < 1.29 is 13.2 Å². The first-order valence-electron chi connectivity index (χ1n) is 7.42. The maximum absolute atomic E-state index is 11.1. The molecule has 130 valence electrons. The van der Waals surface area contributed by atoms with Crippen LogP contribution in [0.25, 0.3) is 0 Å². The Balaban J connectivity index is 0.00000264. The molecule has 8 heteroatoms. The van der Waals surface area contributed by atoms with Gasteiger partial charge in [0, 0.05) is 25.8 Å². The van der Waals surface area contributed by atoms with Crippen LogP contribution >= 0.6 is 24.0 Å². The van der Waals surface area contributed by atoms with Gasteiger partial charge in [-0.2, -0.15) is 0 Å². The molecule has 0 spiro atoms. The second-order valence-electron chi connectivity index (χ2n) is 5.33. The van der Waals surface area contributed by atoms with Crippen LogP contribution in [0, 0.1) is 0 Å². The minimum absolute atomic E-state index is 0. The Kier molecular flexibility index (Phi) is 8.10. The lowest BCUT2D eigenvalue weighted by molar-refractivity contribution is 0.241. The highest BCUT2D eigenvalue weighted by atomic mass is 127. The molecule has 0 saturated heterocycles. The van der Waals surface area contributed by atoms with Gasteiger partial charge in [-0.1, -0.05) is 18.2 Å². The number of hydrogen-bond donors (Lipinski definition) is 2. The zero-order valence-corrected chi connectivity index (χ0v) is 16.6. The molecule has 1 unspecified atom stereocenters. The van der Waals surface area contributed by atoms with Crippen LogP contribution in [-0.2, 0) is 16.3 Å². The quantitative estimate of drug-likeness (QED) is 0.385. The van der Waals surface area contributed by atoms with Crippen molar-refractivity contribution in [1.29, 1.82) is 0 Å². The summed E-state index contributed by atoms with van der Waals surface area (Å²) in [6, 6.07) is 8.00. The van der Waals surface area contributed by atoms with Crippen molar-refractivity contribution in [3.8, 4) is 5.75 Å². The van der Waals surface area contributed by atoms with Gasteiger partial charge in [-0.25, -0.2) is 13.4 Å². The molecule has 0 bridgehead atoms. The minimum atomic E-state index is -2.97. The first-order valence-corrected chi connectivity index (χ1v) is 9.48. The summed E-state index contributed by atoms with van der Waals surface area (Å²) in [4.78, 5) is 4.47. The van der Waals surface area contributed by atoms with E-state index < -0.39 is 9.84 Å². The third-order valence-electron chi connectivity index (χ3n) is 3.28. The molecule has 0 amide bonds. The normalized spacial score (nSPS) is 17.0. The predicted molar refractivity (Wildman–Crippen MR) is 104 cm³/mol. The Morgan fingerprint density at radius 1 is 1.35 bits per heavy atom. The monoisotopic (exact) mass is 453 g/mol. The van der Waals surface area contributed by atoms with E-state index in [2.05, 4.69) is 21.7 Å². The second kappa shape index (κ2) is 9.31. The maximum atomic E-state index is 11.1. The number of aliphatic imine (C=N–C) groups is 1. The molecule has 0 aliphatic carbocycles. The maximum Gasteiger partial charge on any atom is 0.191 e. The fourth-order valence-corrected chi connectivity index (χ4v) is 2.72. The largest absolute Gasteiger partial charge is 0.488 e. The molecule has 23 heavy (non-hydrogen) atoms. The fourth-order valence-electron chi connectivity index (χ4n) is 2.25. The molecule has 1 aromatic carbocycles. The number of halogens is 1. The van der Waals surface area contributed by atoms with Crippen LogP contribution < -0.4 is 15.4 Å². The molecule has 6 nitrogen and oxygen atoms in total. The van der Waals surface area contributed by atoms with E-state index in [1.807, 2.05) is 25.1 Å². The molecule has 1 heterocycles. The van der Waals surface area contributed by atoms with Gasteiger partial charge in [-0.15, -0.1) is 24.0 Å². The SMILES string of the molecule is CCNC(=NCC1Cc2ccccc2O1)NCCS(C)(=O)=O.I. The van der Waals surface area contributed by atoms with E-state index >= 15 is 0 Å². The van der Waals surface area contributed by atoms with Crippen LogP contribution in [0.5, 0.6) is 5.75 Å². The number of fused-ring (bicyclic) bond motifs is 1. The number of sulfone groups is 1. The Bertz CT molecular complexity index is 610. The highest BCUT2D eigenvalue weighted by Gasteiger charge is 2.21. The summed E-state index contributed by atoms with van der Waals surface area (Å²) in [5.41, 5.74) is 1.21. The average Bonchev–Trinajstić information content (AvgIpc) is 2.86. The average molecular weight is 453 g/mol. The lowest BCUT2D eigenvalue weighted by atomic mass is 10.1. The molecule has 1 aliphatic rings. The number of rotatable bonds is 6. The van der Waals surface area contributed by atoms with E-state index in [4.69, 9.17) is 4.74 Å². The highest BCUT2D eigenvalue weighted by molar-refractivity contribution is 14.0. The molecular weight excluding hydrogens is 429 g/mol. The molecule has 0 aromatic heterocycles. The summed E-state index contributed by atoms with van der Waals surface area (Å²) < 4.78 is 28.1. The Morgan fingerprint density at radius 3 is 2.74 bits per heavy atom. The Labute approximate surface area is 155 Å².